The largest absolute Gasteiger partial charge is 0.240 e. The van der Waals surface area contributed by atoms with E-state index in [1.165, 1.54) is 18.2 Å². The minimum absolute atomic E-state index is 0.00964. The molecule has 0 saturated carbocycles. The second kappa shape index (κ2) is 4.12. The molecule has 0 spiro atoms. The Balaban J connectivity index is 3.49. The molecule has 1 aromatic rings. The maximum atomic E-state index is 13.2. The van der Waals surface area contributed by atoms with E-state index >= 15 is 0 Å². The summed E-state index contributed by atoms with van der Waals surface area (Å²) in [4.78, 5) is 13.1. The van der Waals surface area contributed by atoms with Crippen LogP contribution in [0.25, 0.3) is 0 Å². The molecule has 0 saturated heterocycles. The normalized spacial score (nSPS) is 8.69. The van der Waals surface area contributed by atoms with Crippen LogP contribution in [0.3, 0.4) is 0 Å². The fourth-order valence-corrected chi connectivity index (χ4v) is 1.24. The van der Waals surface area contributed by atoms with Gasteiger partial charge in [0.25, 0.3) is 0 Å². The van der Waals surface area contributed by atoms with E-state index in [9.17, 15) is 9.18 Å². The van der Waals surface area contributed by atoms with Crippen LogP contribution in [0.5, 0.6) is 0 Å². The van der Waals surface area contributed by atoms with Gasteiger partial charge in [-0.05, 0) is 34.7 Å². The first-order valence-corrected chi connectivity index (χ1v) is 4.24. The number of rotatable bonds is 1. The first kappa shape index (κ1) is 9.84. The van der Waals surface area contributed by atoms with E-state index in [0.29, 0.717) is 3.57 Å². The third-order valence-electron chi connectivity index (χ3n) is 1.35. The summed E-state index contributed by atoms with van der Waals surface area (Å²) in [5.74, 6) is -0.653. The highest BCUT2D eigenvalue weighted by Crippen LogP contribution is 2.24. The van der Waals surface area contributed by atoms with Crippen molar-refractivity contribution in [2.75, 3.05) is 0 Å². The third-order valence-corrected chi connectivity index (χ3v) is 2.18. The summed E-state index contributed by atoms with van der Waals surface area (Å²) in [6.45, 7) is 0. The number of isocyanates is 1. The van der Waals surface area contributed by atoms with Gasteiger partial charge in [-0.25, -0.2) is 9.18 Å². The standard InChI is InChI=1S/C8H2FIN2O/c9-8-5(3-11)7(12-4-13)2-1-6(8)10/h1-2H. The van der Waals surface area contributed by atoms with Gasteiger partial charge in [0.1, 0.15) is 11.6 Å². The maximum Gasteiger partial charge on any atom is 0.240 e. The molecule has 13 heavy (non-hydrogen) atoms. The lowest BCUT2D eigenvalue weighted by atomic mass is 10.2. The van der Waals surface area contributed by atoms with E-state index in [1.54, 1.807) is 28.7 Å². The molecule has 0 aromatic heterocycles. The maximum absolute atomic E-state index is 13.2. The highest BCUT2D eigenvalue weighted by Gasteiger charge is 2.10. The minimum Gasteiger partial charge on any atom is -0.211 e. The lowest BCUT2D eigenvalue weighted by molar-refractivity contribution is 0.565. The van der Waals surface area contributed by atoms with E-state index in [4.69, 9.17) is 5.26 Å². The molecule has 0 aliphatic carbocycles. The number of nitrogens with zero attached hydrogens (tertiary/aromatic N) is 2. The number of halogens is 2. The van der Waals surface area contributed by atoms with Crippen LogP contribution >= 0.6 is 22.6 Å². The summed E-state index contributed by atoms with van der Waals surface area (Å²) >= 11 is 1.75. The van der Waals surface area contributed by atoms with Crippen LogP contribution in [0.15, 0.2) is 17.1 Å². The molecule has 1 rings (SSSR count). The Morgan fingerprint density at radius 2 is 2.23 bits per heavy atom. The average molecular weight is 288 g/mol. The number of aliphatic imine (C=N–C) groups is 1. The van der Waals surface area contributed by atoms with Gasteiger partial charge in [0.05, 0.1) is 9.26 Å². The van der Waals surface area contributed by atoms with Crippen molar-refractivity contribution in [3.05, 3.63) is 27.1 Å². The molecule has 0 heterocycles. The monoisotopic (exact) mass is 288 g/mol. The van der Waals surface area contributed by atoms with Crippen LogP contribution in [0.1, 0.15) is 5.56 Å². The predicted octanol–water partition coefficient (Wildman–Crippen LogP) is 2.27. The fraction of sp³-hybridized carbons (Fsp3) is 0. The van der Waals surface area contributed by atoms with Crippen molar-refractivity contribution in [3.8, 4) is 6.07 Å². The molecule has 0 radical (unpaired) electrons. The number of nitriles is 1. The van der Waals surface area contributed by atoms with Crippen molar-refractivity contribution >= 4 is 34.4 Å². The Morgan fingerprint density at radius 3 is 2.77 bits per heavy atom. The SMILES string of the molecule is N#Cc1c(N=C=O)ccc(I)c1F. The van der Waals surface area contributed by atoms with Crippen LogP contribution in [0.2, 0.25) is 0 Å². The zero-order chi connectivity index (χ0) is 9.84. The third kappa shape index (κ3) is 1.91. The van der Waals surface area contributed by atoms with Gasteiger partial charge >= 0.3 is 0 Å². The molecule has 0 N–H and O–H groups in total. The Kier molecular flexibility index (Phi) is 3.12. The summed E-state index contributed by atoms with van der Waals surface area (Å²) < 4.78 is 13.5. The lowest BCUT2D eigenvalue weighted by Gasteiger charge is -1.98. The Morgan fingerprint density at radius 1 is 1.54 bits per heavy atom. The molecule has 1 aromatic carbocycles. The van der Waals surface area contributed by atoms with Crippen molar-refractivity contribution in [1.29, 1.82) is 5.26 Å². The summed E-state index contributed by atoms with van der Waals surface area (Å²) in [7, 11) is 0. The first-order chi connectivity index (χ1) is 6.20. The average Bonchev–Trinajstić information content (AvgIpc) is 2.12. The number of benzene rings is 1. The molecular weight excluding hydrogens is 286 g/mol. The van der Waals surface area contributed by atoms with E-state index in [0.717, 1.165) is 0 Å². The van der Waals surface area contributed by atoms with Crippen molar-refractivity contribution in [1.82, 2.24) is 0 Å². The van der Waals surface area contributed by atoms with E-state index in [2.05, 4.69) is 4.99 Å². The van der Waals surface area contributed by atoms with Crippen molar-refractivity contribution in [2.24, 2.45) is 4.99 Å². The van der Waals surface area contributed by atoms with Gasteiger partial charge in [0.2, 0.25) is 6.08 Å². The Hall–Kier alpha value is -1.25. The van der Waals surface area contributed by atoms with Crippen LogP contribution in [-0.2, 0) is 4.79 Å². The molecule has 0 aliphatic heterocycles. The molecule has 0 amide bonds. The second-order valence-electron chi connectivity index (χ2n) is 2.07. The van der Waals surface area contributed by atoms with Crippen LogP contribution in [-0.4, -0.2) is 6.08 Å². The molecule has 3 nitrogen and oxygen atoms in total. The first-order valence-electron chi connectivity index (χ1n) is 3.16. The molecular formula is C8H2FIN2O. The minimum atomic E-state index is -0.653. The van der Waals surface area contributed by atoms with Gasteiger partial charge in [-0.15, -0.1) is 0 Å². The van der Waals surface area contributed by atoms with Gasteiger partial charge in [0, 0.05) is 0 Å². The van der Waals surface area contributed by atoms with Crippen molar-refractivity contribution < 1.29 is 9.18 Å². The van der Waals surface area contributed by atoms with Gasteiger partial charge in [0.15, 0.2) is 5.82 Å². The van der Waals surface area contributed by atoms with Gasteiger partial charge in [-0.2, -0.15) is 10.3 Å². The van der Waals surface area contributed by atoms with Crippen LogP contribution < -0.4 is 0 Å². The summed E-state index contributed by atoms with van der Waals surface area (Å²) in [6, 6.07) is 4.47. The van der Waals surface area contributed by atoms with Gasteiger partial charge in [-0.3, -0.25) is 0 Å². The summed E-state index contributed by atoms with van der Waals surface area (Å²) in [5.41, 5.74) is -0.217. The highest BCUT2D eigenvalue weighted by atomic mass is 127. The van der Waals surface area contributed by atoms with Crippen molar-refractivity contribution in [2.45, 2.75) is 0 Å². The number of hydrogen-bond acceptors (Lipinski definition) is 3. The second-order valence-corrected chi connectivity index (χ2v) is 3.23. The number of hydrogen-bond donors (Lipinski definition) is 0. The van der Waals surface area contributed by atoms with Gasteiger partial charge < -0.3 is 0 Å². The quantitative estimate of drug-likeness (QED) is 0.452. The number of carbonyl (C=O) groups excluding carboxylic acids is 1. The zero-order valence-corrected chi connectivity index (χ0v) is 8.37. The smallest absolute Gasteiger partial charge is 0.211 e. The molecule has 0 atom stereocenters. The molecule has 0 fully saturated rings. The molecule has 0 unspecified atom stereocenters. The molecule has 0 aliphatic rings. The summed E-state index contributed by atoms with van der Waals surface area (Å²) in [5, 5.41) is 8.57. The van der Waals surface area contributed by atoms with E-state index < -0.39 is 5.82 Å². The lowest BCUT2D eigenvalue weighted by Crippen LogP contribution is -1.88. The molecule has 0 bridgehead atoms. The Bertz CT molecular complexity index is 433. The van der Waals surface area contributed by atoms with Gasteiger partial charge in [-0.1, -0.05) is 0 Å². The topological polar surface area (TPSA) is 53.2 Å². The van der Waals surface area contributed by atoms with E-state index in [-0.39, 0.29) is 11.3 Å². The Labute approximate surface area is 87.0 Å². The van der Waals surface area contributed by atoms with E-state index in [1.807, 2.05) is 0 Å². The zero-order valence-electron chi connectivity index (χ0n) is 6.21. The highest BCUT2D eigenvalue weighted by molar-refractivity contribution is 14.1. The fourth-order valence-electron chi connectivity index (χ4n) is 0.789. The summed E-state index contributed by atoms with van der Waals surface area (Å²) in [6.07, 6.45) is 1.26. The predicted molar refractivity (Wildman–Crippen MR) is 51.6 cm³/mol. The molecule has 5 heteroatoms. The van der Waals surface area contributed by atoms with Crippen LogP contribution in [0.4, 0.5) is 10.1 Å². The molecule has 64 valence electrons. The van der Waals surface area contributed by atoms with Crippen molar-refractivity contribution in [3.63, 3.8) is 0 Å². The van der Waals surface area contributed by atoms with Crippen LogP contribution in [0, 0.1) is 20.7 Å².